The maximum Gasteiger partial charge on any atom is 0.0645 e. The fourth-order valence-electron chi connectivity index (χ4n) is 0.417. The summed E-state index contributed by atoms with van der Waals surface area (Å²) in [7, 11) is 0. The van der Waals surface area contributed by atoms with Crippen LogP contribution in [0.1, 0.15) is 0 Å². The molecule has 0 spiro atoms. The van der Waals surface area contributed by atoms with Crippen LogP contribution in [0.15, 0.2) is 21.7 Å². The van der Waals surface area contributed by atoms with Gasteiger partial charge < -0.3 is 0 Å². The van der Waals surface area contributed by atoms with Crippen molar-refractivity contribution in [3.63, 3.8) is 0 Å². The Morgan fingerprint density at radius 2 is 2.25 bits per heavy atom. The van der Waals surface area contributed by atoms with Gasteiger partial charge >= 0.3 is 0 Å². The highest BCUT2D eigenvalue weighted by molar-refractivity contribution is 8.14. The highest BCUT2D eigenvalue weighted by Crippen LogP contribution is 2.25. The lowest BCUT2D eigenvalue weighted by Crippen LogP contribution is -2.01. The number of rotatable bonds is 1. The fourth-order valence-corrected chi connectivity index (χ4v) is 1.80. The highest BCUT2D eigenvalue weighted by atomic mass is 32.2. The zero-order valence-corrected chi connectivity index (χ0v) is 5.95. The predicted octanol–water partition coefficient (Wildman–Crippen LogP) is 0.856. The molecule has 4 N–H and O–H groups in total. The quantitative estimate of drug-likeness (QED) is 0.517. The summed E-state index contributed by atoms with van der Waals surface area (Å²) in [5.41, 5.74) is 0. The zero-order chi connectivity index (χ0) is 5.98. The number of thiol groups is 1. The molecule has 0 aliphatic heterocycles. The Balaban J connectivity index is 2.77. The minimum Gasteiger partial charge on any atom is -0.282 e. The second-order valence-corrected chi connectivity index (χ2v) is 3.91. The second-order valence-electron chi connectivity index (χ2n) is 1.36. The maximum absolute atomic E-state index is 5.41. The van der Waals surface area contributed by atoms with Gasteiger partial charge in [-0.25, -0.2) is 0 Å². The van der Waals surface area contributed by atoms with Crippen LogP contribution in [0.2, 0.25) is 0 Å². The lowest BCUT2D eigenvalue weighted by atomic mass is 10.7. The first-order chi connectivity index (χ1) is 3.80. The molecule has 0 aromatic carbocycles. The molecule has 0 saturated carbocycles. The van der Waals surface area contributed by atoms with Gasteiger partial charge in [-0.15, -0.1) is 22.6 Å². The fraction of sp³-hybridized carbons (Fsp3) is 0. The molecule has 0 unspecified atom stereocenters. The van der Waals surface area contributed by atoms with Gasteiger partial charge in [0.15, 0.2) is 0 Å². The summed E-state index contributed by atoms with van der Waals surface area (Å²) in [4.78, 5) is 0. The molecule has 0 fully saturated rings. The van der Waals surface area contributed by atoms with Crippen LogP contribution in [0, 0.1) is 0 Å². The minimum absolute atomic E-state index is 0.840. The Morgan fingerprint density at radius 3 is 2.50 bits per heavy atom. The van der Waals surface area contributed by atoms with Crippen molar-refractivity contribution < 1.29 is 0 Å². The van der Waals surface area contributed by atoms with E-state index in [2.05, 4.69) is 0 Å². The second kappa shape index (κ2) is 2.50. The van der Waals surface area contributed by atoms with Crippen molar-refractivity contribution in [2.24, 2.45) is 10.3 Å². The van der Waals surface area contributed by atoms with Crippen LogP contribution >= 0.6 is 22.6 Å². The summed E-state index contributed by atoms with van der Waals surface area (Å²) < 4.78 is 1.10. The third-order valence-corrected chi connectivity index (χ3v) is 3.04. The summed E-state index contributed by atoms with van der Waals surface area (Å²) in [5.74, 6) is 0. The van der Waals surface area contributed by atoms with E-state index in [0.717, 1.165) is 4.21 Å². The Hall–Kier alpha value is -0.0300. The summed E-state index contributed by atoms with van der Waals surface area (Å²) in [6.07, 6.45) is 0. The van der Waals surface area contributed by atoms with Gasteiger partial charge in [-0.1, -0.05) is 6.07 Å². The smallest absolute Gasteiger partial charge is 0.0645 e. The van der Waals surface area contributed by atoms with Crippen molar-refractivity contribution in [2.75, 3.05) is 0 Å². The number of hydrogen-bond donors (Lipinski definition) is 3. The molecule has 0 amide bonds. The first-order valence-corrected chi connectivity index (χ1v) is 4.49. The molecule has 1 aromatic heterocycles. The van der Waals surface area contributed by atoms with Gasteiger partial charge in [0, 0.05) is 0 Å². The molecule has 8 heavy (non-hydrogen) atoms. The van der Waals surface area contributed by atoms with Gasteiger partial charge in [0.1, 0.15) is 0 Å². The lowest BCUT2D eigenvalue weighted by Gasteiger charge is -2.03. The topological polar surface area (TPSA) is 52.0 Å². The van der Waals surface area contributed by atoms with Gasteiger partial charge in [-0.3, -0.25) is 10.3 Å². The average Bonchev–Trinajstić information content (AvgIpc) is 2.12. The SMILES string of the molecule is N[SH](N)c1cccs1. The molecule has 0 radical (unpaired) electrons. The highest BCUT2D eigenvalue weighted by Gasteiger charge is 1.92. The maximum atomic E-state index is 5.41. The normalized spacial score (nSPS) is 11.5. The average molecular weight is 148 g/mol. The van der Waals surface area contributed by atoms with Crippen molar-refractivity contribution in [2.45, 2.75) is 4.21 Å². The van der Waals surface area contributed by atoms with Crippen molar-refractivity contribution in [1.29, 1.82) is 0 Å². The molecule has 0 saturated heterocycles. The van der Waals surface area contributed by atoms with E-state index in [9.17, 15) is 0 Å². The predicted molar refractivity (Wildman–Crippen MR) is 39.9 cm³/mol. The number of thiophene rings is 1. The van der Waals surface area contributed by atoms with Crippen molar-refractivity contribution in [3.05, 3.63) is 17.5 Å². The Labute approximate surface area is 55.1 Å². The van der Waals surface area contributed by atoms with E-state index in [1.54, 1.807) is 11.3 Å². The number of hydrogen-bond acceptors (Lipinski definition) is 3. The zero-order valence-electron chi connectivity index (χ0n) is 4.24. The molecule has 1 rings (SSSR count). The van der Waals surface area contributed by atoms with Gasteiger partial charge in [0.2, 0.25) is 0 Å². The molecule has 2 nitrogen and oxygen atoms in total. The van der Waals surface area contributed by atoms with Crippen molar-refractivity contribution in [1.82, 2.24) is 0 Å². The van der Waals surface area contributed by atoms with E-state index in [-0.39, 0.29) is 0 Å². The molecule has 0 aliphatic rings. The van der Waals surface area contributed by atoms with Crippen LogP contribution in [0.5, 0.6) is 0 Å². The Kier molecular flexibility index (Phi) is 1.90. The molecule has 1 aromatic rings. The van der Waals surface area contributed by atoms with Gasteiger partial charge in [-0.2, -0.15) is 0 Å². The van der Waals surface area contributed by atoms with Crippen LogP contribution in [0.25, 0.3) is 0 Å². The monoisotopic (exact) mass is 148 g/mol. The molecule has 4 heteroatoms. The van der Waals surface area contributed by atoms with E-state index in [1.165, 1.54) is 0 Å². The lowest BCUT2D eigenvalue weighted by molar-refractivity contribution is 1.65. The Bertz CT molecular complexity index is 147. The van der Waals surface area contributed by atoms with Crippen LogP contribution in [0.4, 0.5) is 0 Å². The van der Waals surface area contributed by atoms with E-state index in [4.69, 9.17) is 10.3 Å². The van der Waals surface area contributed by atoms with Crippen molar-refractivity contribution in [3.8, 4) is 0 Å². The van der Waals surface area contributed by atoms with Crippen molar-refractivity contribution >= 4 is 22.6 Å². The van der Waals surface area contributed by atoms with Crippen LogP contribution in [-0.4, -0.2) is 0 Å². The first-order valence-electron chi connectivity index (χ1n) is 2.14. The van der Waals surface area contributed by atoms with Crippen LogP contribution < -0.4 is 10.3 Å². The summed E-state index contributed by atoms with van der Waals surface area (Å²) in [6.45, 7) is 0. The molecule has 46 valence electrons. The third kappa shape index (κ3) is 1.23. The molecule has 1 heterocycles. The Morgan fingerprint density at radius 1 is 1.50 bits per heavy atom. The van der Waals surface area contributed by atoms with Crippen LogP contribution in [0.3, 0.4) is 0 Å². The van der Waals surface area contributed by atoms with E-state index >= 15 is 0 Å². The molecular formula is C4H8N2S2. The molecule has 0 atom stereocenters. The van der Waals surface area contributed by atoms with Crippen LogP contribution in [-0.2, 0) is 0 Å². The summed E-state index contributed by atoms with van der Waals surface area (Å²) >= 11 is 0.770. The summed E-state index contributed by atoms with van der Waals surface area (Å²) in [5, 5.41) is 12.8. The minimum atomic E-state index is -0.840. The molecule has 0 bridgehead atoms. The number of nitrogens with two attached hydrogens (primary N) is 2. The molecule has 0 aliphatic carbocycles. The largest absolute Gasteiger partial charge is 0.282 e. The third-order valence-electron chi connectivity index (χ3n) is 0.761. The molecular weight excluding hydrogens is 140 g/mol. The first kappa shape index (κ1) is 6.10. The van der Waals surface area contributed by atoms with Gasteiger partial charge in [0.05, 0.1) is 4.21 Å². The van der Waals surface area contributed by atoms with E-state index < -0.39 is 11.3 Å². The van der Waals surface area contributed by atoms with Gasteiger partial charge in [0.25, 0.3) is 0 Å². The van der Waals surface area contributed by atoms with Gasteiger partial charge in [-0.05, 0) is 11.4 Å². The van der Waals surface area contributed by atoms with E-state index in [1.807, 2.05) is 17.5 Å². The standard InChI is InChI=1S/C4H8N2S2/c5-8(6)4-2-1-3-7-4/h1-3,8H,5-6H2. The van der Waals surface area contributed by atoms with E-state index in [0.29, 0.717) is 0 Å². The summed E-state index contributed by atoms with van der Waals surface area (Å²) in [6, 6.07) is 3.91.